The van der Waals surface area contributed by atoms with Crippen LogP contribution in [-0.4, -0.2) is 40.2 Å². The molecule has 23 heavy (non-hydrogen) atoms. The third kappa shape index (κ3) is 3.29. The Labute approximate surface area is 135 Å². The Morgan fingerprint density at radius 3 is 2.26 bits per heavy atom. The molecule has 4 atom stereocenters. The molecule has 4 nitrogen and oxygen atoms in total. The van der Waals surface area contributed by atoms with Crippen molar-refractivity contribution in [3.63, 3.8) is 0 Å². The van der Waals surface area contributed by atoms with Crippen LogP contribution in [0.2, 0.25) is 0 Å². The van der Waals surface area contributed by atoms with Gasteiger partial charge in [0.25, 0.3) is 0 Å². The summed E-state index contributed by atoms with van der Waals surface area (Å²) in [5.74, 6) is 6.17. The summed E-state index contributed by atoms with van der Waals surface area (Å²) in [6.45, 7) is -0.341. The van der Waals surface area contributed by atoms with Crippen molar-refractivity contribution < 1.29 is 20.1 Å². The lowest BCUT2D eigenvalue weighted by atomic mass is 9.97. The molecule has 1 saturated heterocycles. The molecule has 1 fully saturated rings. The molecule has 0 aliphatic carbocycles. The minimum Gasteiger partial charge on any atom is -0.394 e. The highest BCUT2D eigenvalue weighted by atomic mass is 16.6. The number of aliphatic hydroxyl groups excluding tert-OH is 3. The van der Waals surface area contributed by atoms with Crippen LogP contribution in [-0.2, 0) is 4.74 Å². The average Bonchev–Trinajstić information content (AvgIpc) is 2.89. The number of aliphatic hydroxyl groups is 3. The van der Waals surface area contributed by atoms with Crippen molar-refractivity contribution in [1.29, 1.82) is 0 Å². The molecule has 3 rings (SSSR count). The van der Waals surface area contributed by atoms with Gasteiger partial charge in [0, 0.05) is 11.1 Å². The Kier molecular flexibility index (Phi) is 4.75. The molecule has 0 aromatic heterocycles. The van der Waals surface area contributed by atoms with Gasteiger partial charge in [0.1, 0.15) is 24.4 Å². The fraction of sp³-hybridized carbons (Fsp3) is 0.263. The second kappa shape index (κ2) is 6.95. The number of hydrogen-bond donors (Lipinski definition) is 3. The highest BCUT2D eigenvalue weighted by Gasteiger charge is 2.43. The summed E-state index contributed by atoms with van der Waals surface area (Å²) >= 11 is 0. The minimum absolute atomic E-state index is 0.341. The van der Waals surface area contributed by atoms with E-state index in [1.54, 1.807) is 0 Å². The first-order valence-corrected chi connectivity index (χ1v) is 7.49. The molecular weight excluding hydrogens is 292 g/mol. The molecule has 1 unspecified atom stereocenters. The molecule has 1 aliphatic heterocycles. The van der Waals surface area contributed by atoms with E-state index in [2.05, 4.69) is 11.8 Å². The van der Waals surface area contributed by atoms with Gasteiger partial charge in [-0.1, -0.05) is 48.2 Å². The number of ether oxygens (including phenoxy) is 1. The van der Waals surface area contributed by atoms with E-state index in [4.69, 9.17) is 4.74 Å². The lowest BCUT2D eigenvalue weighted by Crippen LogP contribution is -2.32. The van der Waals surface area contributed by atoms with Crippen LogP contribution in [0.3, 0.4) is 0 Å². The van der Waals surface area contributed by atoms with E-state index in [0.29, 0.717) is 5.56 Å². The van der Waals surface area contributed by atoms with Crippen LogP contribution in [0.4, 0.5) is 0 Å². The summed E-state index contributed by atoms with van der Waals surface area (Å²) in [7, 11) is 0. The molecule has 0 bridgehead atoms. The predicted molar refractivity (Wildman–Crippen MR) is 85.6 cm³/mol. The first kappa shape index (κ1) is 15.7. The van der Waals surface area contributed by atoms with Gasteiger partial charge in [0.2, 0.25) is 0 Å². The predicted octanol–water partition coefficient (Wildman–Crippen LogP) is 1.24. The average molecular weight is 310 g/mol. The minimum atomic E-state index is -1.11. The third-order valence-electron chi connectivity index (χ3n) is 3.92. The van der Waals surface area contributed by atoms with Gasteiger partial charge in [-0.2, -0.15) is 0 Å². The van der Waals surface area contributed by atoms with Gasteiger partial charge in [-0.3, -0.25) is 0 Å². The lowest BCUT2D eigenvalue weighted by molar-refractivity contribution is -0.0228. The Balaban J connectivity index is 1.92. The molecule has 0 radical (unpaired) electrons. The summed E-state index contributed by atoms with van der Waals surface area (Å²) in [6.07, 6.45) is -3.69. The molecule has 0 amide bonds. The zero-order chi connectivity index (χ0) is 16.2. The van der Waals surface area contributed by atoms with Gasteiger partial charge in [0.05, 0.1) is 6.61 Å². The number of rotatable bonds is 2. The summed E-state index contributed by atoms with van der Waals surface area (Å²) in [4.78, 5) is 0. The van der Waals surface area contributed by atoms with Crippen LogP contribution in [0.1, 0.15) is 22.8 Å². The maximum atomic E-state index is 10.2. The zero-order valence-electron chi connectivity index (χ0n) is 12.5. The fourth-order valence-electron chi connectivity index (χ4n) is 2.68. The molecule has 1 heterocycles. The van der Waals surface area contributed by atoms with E-state index >= 15 is 0 Å². The molecule has 0 spiro atoms. The zero-order valence-corrected chi connectivity index (χ0v) is 12.5. The summed E-state index contributed by atoms with van der Waals surface area (Å²) < 4.78 is 5.60. The molecule has 4 heteroatoms. The van der Waals surface area contributed by atoms with Crippen LogP contribution in [0.5, 0.6) is 0 Å². The van der Waals surface area contributed by atoms with Crippen LogP contribution < -0.4 is 0 Å². The highest BCUT2D eigenvalue weighted by molar-refractivity contribution is 5.47. The van der Waals surface area contributed by atoms with Gasteiger partial charge < -0.3 is 20.1 Å². The van der Waals surface area contributed by atoms with Gasteiger partial charge in [-0.05, 0) is 23.8 Å². The maximum Gasteiger partial charge on any atom is 0.113 e. The molecule has 0 saturated carbocycles. The van der Waals surface area contributed by atoms with Crippen LogP contribution in [0.15, 0.2) is 54.6 Å². The van der Waals surface area contributed by atoms with Crippen molar-refractivity contribution in [3.05, 3.63) is 71.3 Å². The van der Waals surface area contributed by atoms with E-state index in [-0.39, 0.29) is 6.61 Å². The monoisotopic (exact) mass is 310 g/mol. The standard InChI is InChI=1S/C19H18O4/c20-12-16-17(21)18(22)19(23-16)15-9-5-4-8-14(15)11-10-13-6-2-1-3-7-13/h1-9,16-22H,12H2/t16-,17-,18-,19?/m1/s1. The van der Waals surface area contributed by atoms with E-state index < -0.39 is 24.4 Å². The number of hydrogen-bond acceptors (Lipinski definition) is 4. The molecule has 2 aromatic carbocycles. The van der Waals surface area contributed by atoms with E-state index in [1.807, 2.05) is 54.6 Å². The Hall–Kier alpha value is -2.16. The van der Waals surface area contributed by atoms with Gasteiger partial charge in [-0.25, -0.2) is 0 Å². The molecule has 118 valence electrons. The molecule has 1 aliphatic rings. The topological polar surface area (TPSA) is 69.9 Å². The third-order valence-corrected chi connectivity index (χ3v) is 3.92. The Morgan fingerprint density at radius 1 is 0.870 bits per heavy atom. The normalized spacial score (nSPS) is 26.6. The van der Waals surface area contributed by atoms with Gasteiger partial charge >= 0.3 is 0 Å². The maximum absolute atomic E-state index is 10.2. The summed E-state index contributed by atoms with van der Waals surface area (Å²) in [5.41, 5.74) is 2.33. The van der Waals surface area contributed by atoms with Gasteiger partial charge in [-0.15, -0.1) is 0 Å². The van der Waals surface area contributed by atoms with Crippen molar-refractivity contribution >= 4 is 0 Å². The molecule has 3 N–H and O–H groups in total. The van der Waals surface area contributed by atoms with Crippen molar-refractivity contribution in [2.24, 2.45) is 0 Å². The molecular formula is C19H18O4. The molecule has 2 aromatic rings. The highest BCUT2D eigenvalue weighted by Crippen LogP contribution is 2.34. The lowest BCUT2D eigenvalue weighted by Gasteiger charge is -2.16. The van der Waals surface area contributed by atoms with E-state index in [1.165, 1.54) is 0 Å². The van der Waals surface area contributed by atoms with Crippen molar-refractivity contribution in [2.45, 2.75) is 24.4 Å². The SMILES string of the molecule is OC[C@H]1OC(c2ccccc2C#Cc2ccccc2)[C@H](O)[C@@H]1O. The summed E-state index contributed by atoms with van der Waals surface area (Å²) in [5, 5.41) is 29.3. The smallest absolute Gasteiger partial charge is 0.113 e. The van der Waals surface area contributed by atoms with E-state index in [9.17, 15) is 15.3 Å². The van der Waals surface area contributed by atoms with Crippen molar-refractivity contribution in [2.75, 3.05) is 6.61 Å². The van der Waals surface area contributed by atoms with Crippen LogP contribution in [0.25, 0.3) is 0 Å². The fourth-order valence-corrected chi connectivity index (χ4v) is 2.68. The largest absolute Gasteiger partial charge is 0.394 e. The Morgan fingerprint density at radius 2 is 1.57 bits per heavy atom. The second-order valence-electron chi connectivity index (χ2n) is 5.46. The van der Waals surface area contributed by atoms with E-state index in [0.717, 1.165) is 11.1 Å². The van der Waals surface area contributed by atoms with Gasteiger partial charge in [0.15, 0.2) is 0 Å². The van der Waals surface area contributed by atoms with Crippen LogP contribution >= 0.6 is 0 Å². The quantitative estimate of drug-likeness (QED) is 0.730. The first-order valence-electron chi connectivity index (χ1n) is 7.49. The summed E-state index contributed by atoms with van der Waals surface area (Å²) in [6, 6.07) is 17.0. The first-order chi connectivity index (χ1) is 11.2. The second-order valence-corrected chi connectivity index (χ2v) is 5.46. The number of benzene rings is 2. The van der Waals surface area contributed by atoms with Crippen LogP contribution in [0, 0.1) is 11.8 Å². The Bertz CT molecular complexity index is 717. The van der Waals surface area contributed by atoms with Crippen molar-refractivity contribution in [3.8, 4) is 11.8 Å². The van der Waals surface area contributed by atoms with Crippen molar-refractivity contribution in [1.82, 2.24) is 0 Å².